The second kappa shape index (κ2) is 9.58. The topological polar surface area (TPSA) is 118 Å². The van der Waals surface area contributed by atoms with Gasteiger partial charge in [-0.05, 0) is 44.9 Å². The molecule has 1 N–H and O–H groups in total. The Labute approximate surface area is 196 Å². The molecule has 10 heteroatoms. The van der Waals surface area contributed by atoms with E-state index in [1.165, 1.54) is 25.3 Å². The molecule has 0 aromatic heterocycles. The minimum Gasteiger partial charge on any atom is -0.494 e. The normalized spacial score (nSPS) is 14.7. The van der Waals surface area contributed by atoms with E-state index in [0.717, 1.165) is 16.8 Å². The van der Waals surface area contributed by atoms with Crippen LogP contribution in [-0.4, -0.2) is 35.2 Å². The molecule has 33 heavy (non-hydrogen) atoms. The molecular formula is C23H25ClN4O5. The van der Waals surface area contributed by atoms with Gasteiger partial charge in [0.25, 0.3) is 5.69 Å². The zero-order valence-corrected chi connectivity index (χ0v) is 19.6. The zero-order chi connectivity index (χ0) is 24.3. The van der Waals surface area contributed by atoms with Gasteiger partial charge in [0.05, 0.1) is 22.6 Å². The van der Waals surface area contributed by atoms with E-state index in [1.807, 2.05) is 19.1 Å². The van der Waals surface area contributed by atoms with Gasteiger partial charge in [-0.1, -0.05) is 17.7 Å². The van der Waals surface area contributed by atoms with Crippen LogP contribution >= 0.6 is 11.6 Å². The number of halogens is 1. The van der Waals surface area contributed by atoms with Crippen LogP contribution in [0.4, 0.5) is 22.7 Å². The molecule has 1 aliphatic rings. The Morgan fingerprint density at radius 2 is 1.94 bits per heavy atom. The van der Waals surface area contributed by atoms with Crippen LogP contribution in [0.15, 0.2) is 46.6 Å². The Morgan fingerprint density at radius 3 is 2.55 bits per heavy atom. The second-order valence-corrected chi connectivity index (χ2v) is 8.67. The first kappa shape index (κ1) is 24.2. The molecule has 2 aromatic rings. The number of anilines is 1. The number of nitro benzene ring substituents is 1. The van der Waals surface area contributed by atoms with Gasteiger partial charge in [0.15, 0.2) is 0 Å². The number of azo groups is 1. The van der Waals surface area contributed by atoms with Crippen LogP contribution in [0.2, 0.25) is 5.02 Å². The number of hydrogen-bond donors (Lipinski definition) is 1. The third-order valence-corrected chi connectivity index (χ3v) is 5.76. The number of nitro groups is 1. The number of ether oxygens (including phenoxy) is 1. The maximum atomic E-state index is 11.0. The van der Waals surface area contributed by atoms with E-state index in [9.17, 15) is 14.9 Å². The summed E-state index contributed by atoms with van der Waals surface area (Å²) in [6.07, 6.45) is 2.73. The van der Waals surface area contributed by atoms with Gasteiger partial charge in [0.2, 0.25) is 0 Å². The van der Waals surface area contributed by atoms with Crippen LogP contribution in [0.1, 0.15) is 39.2 Å². The Hall–Kier alpha value is -3.46. The Balaban J connectivity index is 2.00. The van der Waals surface area contributed by atoms with Crippen molar-refractivity contribution in [1.82, 2.24) is 0 Å². The average molecular weight is 473 g/mol. The summed E-state index contributed by atoms with van der Waals surface area (Å²) >= 11 is 6.13. The standard InChI is InChI=1S/C23H25ClN4O5/c1-14-13-23(2,3)27(9-5-6-22(29)30)20-12-21(33-4)19(11-16(14)20)26-25-18-8-7-15(28(31)32)10-17(18)24/h7-8,10-13H,5-6,9H2,1-4H3,(H,29,30)/b26-25+. The van der Waals surface area contributed by atoms with E-state index in [4.69, 9.17) is 21.4 Å². The maximum absolute atomic E-state index is 11.0. The molecule has 1 aliphatic heterocycles. The summed E-state index contributed by atoms with van der Waals surface area (Å²) in [6, 6.07) is 7.72. The SMILES string of the molecule is COc1cc2c(cc1/N=N/c1ccc([N+](=O)[O-])cc1Cl)C(C)=CC(C)(C)N2CCCC(=O)O. The summed E-state index contributed by atoms with van der Waals surface area (Å²) in [6.45, 7) is 6.74. The maximum Gasteiger partial charge on any atom is 0.303 e. The third kappa shape index (κ3) is 5.31. The highest BCUT2D eigenvalue weighted by Gasteiger charge is 2.32. The third-order valence-electron chi connectivity index (χ3n) is 5.46. The minimum absolute atomic E-state index is 0.0873. The summed E-state index contributed by atoms with van der Waals surface area (Å²) in [5.41, 5.74) is 3.25. The van der Waals surface area contributed by atoms with Crippen molar-refractivity contribution in [1.29, 1.82) is 0 Å². The van der Waals surface area contributed by atoms with Crippen LogP contribution in [0.3, 0.4) is 0 Å². The fraction of sp³-hybridized carbons (Fsp3) is 0.348. The second-order valence-electron chi connectivity index (χ2n) is 8.26. The first-order chi connectivity index (χ1) is 15.5. The highest BCUT2D eigenvalue weighted by Crippen LogP contribution is 2.45. The largest absolute Gasteiger partial charge is 0.494 e. The number of rotatable bonds is 8. The molecule has 1 heterocycles. The molecule has 0 bridgehead atoms. The molecule has 3 rings (SSSR count). The van der Waals surface area contributed by atoms with Crippen molar-refractivity contribution in [2.24, 2.45) is 10.2 Å². The molecule has 0 aliphatic carbocycles. The summed E-state index contributed by atoms with van der Waals surface area (Å²) in [5, 5.41) is 28.5. The number of methoxy groups -OCH3 is 1. The molecule has 0 saturated carbocycles. The first-order valence-corrected chi connectivity index (χ1v) is 10.7. The van der Waals surface area contributed by atoms with Crippen LogP contribution in [0, 0.1) is 10.1 Å². The first-order valence-electron chi connectivity index (χ1n) is 10.3. The smallest absolute Gasteiger partial charge is 0.303 e. The lowest BCUT2D eigenvalue weighted by atomic mass is 9.88. The minimum atomic E-state index is -0.824. The molecule has 0 fully saturated rings. The molecular weight excluding hydrogens is 448 g/mol. The van der Waals surface area contributed by atoms with Gasteiger partial charge in [0, 0.05) is 42.4 Å². The van der Waals surface area contributed by atoms with Gasteiger partial charge >= 0.3 is 5.97 Å². The Kier molecular flexibility index (Phi) is 7.02. The summed E-state index contributed by atoms with van der Waals surface area (Å²) in [4.78, 5) is 23.5. The monoisotopic (exact) mass is 472 g/mol. The molecule has 0 radical (unpaired) electrons. The highest BCUT2D eigenvalue weighted by molar-refractivity contribution is 6.33. The van der Waals surface area contributed by atoms with Crippen molar-refractivity contribution >= 4 is 45.9 Å². The number of aliphatic carboxylic acids is 1. The fourth-order valence-electron chi connectivity index (χ4n) is 3.93. The lowest BCUT2D eigenvalue weighted by molar-refractivity contribution is -0.384. The molecule has 9 nitrogen and oxygen atoms in total. The van der Waals surface area contributed by atoms with Crippen molar-refractivity contribution in [3.63, 3.8) is 0 Å². The number of hydrogen-bond acceptors (Lipinski definition) is 7. The van der Waals surface area contributed by atoms with Crippen molar-refractivity contribution in [3.8, 4) is 5.75 Å². The summed E-state index contributed by atoms with van der Waals surface area (Å²) in [5.74, 6) is -0.334. The van der Waals surface area contributed by atoms with E-state index < -0.39 is 10.9 Å². The summed E-state index contributed by atoms with van der Waals surface area (Å²) < 4.78 is 5.56. The molecule has 0 unspecified atom stereocenters. The van der Waals surface area contributed by atoms with Crippen LogP contribution in [-0.2, 0) is 4.79 Å². The fourth-order valence-corrected chi connectivity index (χ4v) is 4.14. The quantitative estimate of drug-likeness (QED) is 0.265. The van der Waals surface area contributed by atoms with E-state index in [-0.39, 0.29) is 22.7 Å². The summed E-state index contributed by atoms with van der Waals surface area (Å²) in [7, 11) is 1.53. The number of carboxylic acids is 1. The van der Waals surface area contributed by atoms with Gasteiger partial charge in [-0.3, -0.25) is 14.9 Å². The predicted octanol–water partition coefficient (Wildman–Crippen LogP) is 6.54. The van der Waals surface area contributed by atoms with E-state index in [2.05, 4.69) is 35.1 Å². The highest BCUT2D eigenvalue weighted by atomic mass is 35.5. The number of carboxylic acid groups (broad SMARTS) is 1. The van der Waals surface area contributed by atoms with E-state index in [0.29, 0.717) is 30.1 Å². The van der Waals surface area contributed by atoms with Crippen LogP contribution < -0.4 is 9.64 Å². The number of carbonyl (C=O) groups is 1. The van der Waals surface area contributed by atoms with E-state index in [1.54, 1.807) is 0 Å². The lowest BCUT2D eigenvalue weighted by Crippen LogP contribution is -2.45. The Morgan fingerprint density at radius 1 is 1.24 bits per heavy atom. The molecule has 0 saturated heterocycles. The van der Waals surface area contributed by atoms with Gasteiger partial charge < -0.3 is 14.7 Å². The molecule has 0 spiro atoms. The van der Waals surface area contributed by atoms with Crippen molar-refractivity contribution in [2.75, 3.05) is 18.6 Å². The van der Waals surface area contributed by atoms with Gasteiger partial charge in [-0.2, -0.15) is 0 Å². The number of allylic oxidation sites excluding steroid dienone is 1. The van der Waals surface area contributed by atoms with Crippen molar-refractivity contribution in [2.45, 2.75) is 39.2 Å². The predicted molar refractivity (Wildman–Crippen MR) is 127 cm³/mol. The molecule has 0 amide bonds. The molecule has 2 aromatic carbocycles. The van der Waals surface area contributed by atoms with Gasteiger partial charge in [0.1, 0.15) is 17.1 Å². The van der Waals surface area contributed by atoms with Crippen LogP contribution in [0.5, 0.6) is 5.75 Å². The number of non-ortho nitro benzene ring substituents is 1. The van der Waals surface area contributed by atoms with Crippen molar-refractivity contribution in [3.05, 3.63) is 57.1 Å². The van der Waals surface area contributed by atoms with Crippen LogP contribution in [0.25, 0.3) is 5.57 Å². The Bertz CT molecular complexity index is 1160. The van der Waals surface area contributed by atoms with E-state index >= 15 is 0 Å². The average Bonchev–Trinajstić information content (AvgIpc) is 2.74. The number of fused-ring (bicyclic) bond motifs is 1. The van der Waals surface area contributed by atoms with Gasteiger partial charge in [-0.25, -0.2) is 0 Å². The molecule has 174 valence electrons. The van der Waals surface area contributed by atoms with Gasteiger partial charge in [-0.15, -0.1) is 10.2 Å². The number of nitrogens with zero attached hydrogens (tertiary/aromatic N) is 4. The van der Waals surface area contributed by atoms with Crippen molar-refractivity contribution < 1.29 is 19.6 Å². The lowest BCUT2D eigenvalue weighted by Gasteiger charge is -2.43. The molecule has 0 atom stereocenters. The zero-order valence-electron chi connectivity index (χ0n) is 18.8. The number of benzene rings is 2.